The summed E-state index contributed by atoms with van der Waals surface area (Å²) in [6.07, 6.45) is 0. The first-order chi connectivity index (χ1) is 2.77. The fourth-order valence-electron chi connectivity index (χ4n) is 0.0745. The lowest BCUT2D eigenvalue weighted by molar-refractivity contribution is -0.0217. The molecule has 0 saturated carbocycles. The van der Waals surface area contributed by atoms with Crippen molar-refractivity contribution < 1.29 is 9.63 Å². The lowest BCUT2D eigenvalue weighted by Crippen LogP contribution is -2.09. The van der Waals surface area contributed by atoms with Crippen LogP contribution in [0.2, 0.25) is 0 Å². The molecule has 0 heterocycles. The first-order valence-electron chi connectivity index (χ1n) is 1.49. The highest BCUT2D eigenvalue weighted by atomic mass is 16.7. The van der Waals surface area contributed by atoms with Crippen molar-refractivity contribution in [3.05, 3.63) is 0 Å². The lowest BCUT2D eigenvalue weighted by atomic mass is 11.2. The van der Waals surface area contributed by atoms with Crippen molar-refractivity contribution in [3.8, 4) is 0 Å². The van der Waals surface area contributed by atoms with Crippen LogP contribution in [0.25, 0.3) is 0 Å². The fraction of sp³-hybridized carbons (Fsp3) is 0.667. The maximum Gasteiger partial charge on any atom is 0.438 e. The Balaban J connectivity index is 2.81. The van der Waals surface area contributed by atoms with Gasteiger partial charge in [-0.2, -0.15) is 0 Å². The van der Waals surface area contributed by atoms with Gasteiger partial charge in [-0.15, -0.1) is 5.06 Å². The Bertz CT molecular complexity index is 44.1. The molecule has 3 nitrogen and oxygen atoms in total. The van der Waals surface area contributed by atoms with Crippen molar-refractivity contribution in [1.82, 2.24) is 5.06 Å². The van der Waals surface area contributed by atoms with Gasteiger partial charge in [0.05, 0.1) is 0 Å². The molecule has 0 bridgehead atoms. The molecule has 35 valence electrons. The molecule has 3 heteroatoms. The first kappa shape index (κ1) is 5.43. The zero-order chi connectivity index (χ0) is 4.99. The standard InChI is InChI=1S/C3H6NO2/c1-4(2)6-3-5/h1-2H3. The minimum Gasteiger partial charge on any atom is -0.359 e. The van der Waals surface area contributed by atoms with Gasteiger partial charge in [0.2, 0.25) is 0 Å². The Labute approximate surface area is 36.5 Å². The minimum atomic E-state index is 1.24. The molecule has 0 amide bonds. The van der Waals surface area contributed by atoms with Crippen molar-refractivity contribution in [3.63, 3.8) is 0 Å². The Hall–Kier alpha value is -0.570. The molecule has 0 aromatic heterocycles. The van der Waals surface area contributed by atoms with E-state index in [2.05, 4.69) is 4.84 Å². The number of hydroxylamine groups is 2. The van der Waals surface area contributed by atoms with Crippen molar-refractivity contribution in [2.75, 3.05) is 14.1 Å². The monoisotopic (exact) mass is 88.0 g/mol. The summed E-state index contributed by atoms with van der Waals surface area (Å²) in [5.41, 5.74) is 0. The number of nitrogens with zero attached hydrogens (tertiary/aromatic N) is 1. The van der Waals surface area contributed by atoms with Gasteiger partial charge in [-0.1, -0.05) is 0 Å². The Morgan fingerprint density at radius 2 is 2.17 bits per heavy atom. The van der Waals surface area contributed by atoms with Crippen LogP contribution in [0.15, 0.2) is 0 Å². The third kappa shape index (κ3) is 3.43. The second-order valence-electron chi connectivity index (χ2n) is 0.987. The van der Waals surface area contributed by atoms with Crippen LogP contribution >= 0.6 is 0 Å². The van der Waals surface area contributed by atoms with E-state index < -0.39 is 0 Å². The van der Waals surface area contributed by atoms with Crippen LogP contribution in [0.3, 0.4) is 0 Å². The predicted octanol–water partition coefficient (Wildman–Crippen LogP) is -0.453. The fourth-order valence-corrected chi connectivity index (χ4v) is 0.0745. The molecule has 0 aliphatic carbocycles. The molecule has 6 heavy (non-hydrogen) atoms. The van der Waals surface area contributed by atoms with E-state index in [0.29, 0.717) is 0 Å². The molecule has 0 saturated heterocycles. The van der Waals surface area contributed by atoms with E-state index in [0.717, 1.165) is 0 Å². The van der Waals surface area contributed by atoms with Gasteiger partial charge in [0, 0.05) is 14.1 Å². The van der Waals surface area contributed by atoms with E-state index in [4.69, 9.17) is 0 Å². The molecule has 0 fully saturated rings. The zero-order valence-electron chi connectivity index (χ0n) is 3.76. The van der Waals surface area contributed by atoms with Gasteiger partial charge in [-0.25, -0.2) is 4.79 Å². The maximum atomic E-state index is 9.23. The number of carbonyl (C=O) groups excluding carboxylic acids is 1. The molecule has 1 radical (unpaired) electrons. The average Bonchev–Trinajstić information content (AvgIpc) is 1.35. The summed E-state index contributed by atoms with van der Waals surface area (Å²) in [5, 5.41) is 1.26. The molecule has 0 unspecified atom stereocenters. The summed E-state index contributed by atoms with van der Waals surface area (Å²) < 4.78 is 0. The molecular formula is C3H6NO2. The van der Waals surface area contributed by atoms with Crippen LogP contribution in [0, 0.1) is 0 Å². The van der Waals surface area contributed by atoms with Crippen molar-refractivity contribution in [1.29, 1.82) is 0 Å². The summed E-state index contributed by atoms with van der Waals surface area (Å²) in [6.45, 7) is 1.24. The molecule has 0 aromatic carbocycles. The van der Waals surface area contributed by atoms with Gasteiger partial charge in [-0.3, -0.25) is 0 Å². The van der Waals surface area contributed by atoms with Gasteiger partial charge < -0.3 is 4.84 Å². The van der Waals surface area contributed by atoms with Crippen LogP contribution in [0.1, 0.15) is 0 Å². The van der Waals surface area contributed by atoms with Gasteiger partial charge in [0.1, 0.15) is 0 Å². The number of rotatable bonds is 2. The number of hydrogen-bond acceptors (Lipinski definition) is 3. The van der Waals surface area contributed by atoms with Crippen LogP contribution in [0.5, 0.6) is 0 Å². The highest BCUT2D eigenvalue weighted by molar-refractivity contribution is 5.37. The normalized spacial score (nSPS) is 8.50. The van der Waals surface area contributed by atoms with E-state index in [9.17, 15) is 4.79 Å². The van der Waals surface area contributed by atoms with Crippen molar-refractivity contribution >= 4 is 6.47 Å². The maximum absolute atomic E-state index is 9.23. The van der Waals surface area contributed by atoms with Crippen LogP contribution < -0.4 is 0 Å². The van der Waals surface area contributed by atoms with Crippen LogP contribution in [-0.4, -0.2) is 25.6 Å². The summed E-state index contributed by atoms with van der Waals surface area (Å²) in [7, 11) is 3.20. The third-order valence-corrected chi connectivity index (χ3v) is 0.220. The van der Waals surface area contributed by atoms with Crippen LogP contribution in [-0.2, 0) is 9.63 Å². The molecule has 0 atom stereocenters. The van der Waals surface area contributed by atoms with E-state index in [1.807, 2.05) is 0 Å². The molecule has 0 aliphatic rings. The van der Waals surface area contributed by atoms with Crippen LogP contribution in [0.4, 0.5) is 0 Å². The first-order valence-corrected chi connectivity index (χ1v) is 1.49. The molecule has 0 aromatic rings. The lowest BCUT2D eigenvalue weighted by Gasteiger charge is -1.99. The molecular weight excluding hydrogens is 82.0 g/mol. The van der Waals surface area contributed by atoms with Gasteiger partial charge >= 0.3 is 6.47 Å². The SMILES string of the molecule is CN(C)O[C]=O. The Kier molecular flexibility index (Phi) is 2.40. The summed E-state index contributed by atoms with van der Waals surface area (Å²) in [4.78, 5) is 13.3. The summed E-state index contributed by atoms with van der Waals surface area (Å²) >= 11 is 0. The molecule has 0 spiro atoms. The molecule has 0 rings (SSSR count). The molecule has 0 aliphatic heterocycles. The Morgan fingerprint density at radius 1 is 1.67 bits per heavy atom. The summed E-state index contributed by atoms with van der Waals surface area (Å²) in [5.74, 6) is 0. The van der Waals surface area contributed by atoms with Gasteiger partial charge in [-0.05, 0) is 0 Å². The quantitative estimate of drug-likeness (QED) is 0.428. The third-order valence-electron chi connectivity index (χ3n) is 0.220. The van der Waals surface area contributed by atoms with Gasteiger partial charge in [0.15, 0.2) is 0 Å². The van der Waals surface area contributed by atoms with Crippen molar-refractivity contribution in [2.45, 2.75) is 0 Å². The Morgan fingerprint density at radius 3 is 2.17 bits per heavy atom. The van der Waals surface area contributed by atoms with E-state index in [-0.39, 0.29) is 0 Å². The minimum absolute atomic E-state index is 1.24. The zero-order valence-corrected chi connectivity index (χ0v) is 3.76. The highest BCUT2D eigenvalue weighted by Gasteiger charge is 1.79. The second-order valence-corrected chi connectivity index (χ2v) is 0.987. The number of hydrogen-bond donors (Lipinski definition) is 0. The van der Waals surface area contributed by atoms with Gasteiger partial charge in [0.25, 0.3) is 0 Å². The topological polar surface area (TPSA) is 29.5 Å². The van der Waals surface area contributed by atoms with E-state index in [1.165, 1.54) is 11.5 Å². The smallest absolute Gasteiger partial charge is 0.359 e. The van der Waals surface area contributed by atoms with E-state index >= 15 is 0 Å². The van der Waals surface area contributed by atoms with Crippen molar-refractivity contribution in [2.24, 2.45) is 0 Å². The predicted molar refractivity (Wildman–Crippen MR) is 20.5 cm³/mol. The molecule has 0 N–H and O–H groups in total. The summed E-state index contributed by atoms with van der Waals surface area (Å²) in [6, 6.07) is 0. The largest absolute Gasteiger partial charge is 0.438 e. The second kappa shape index (κ2) is 2.66. The highest BCUT2D eigenvalue weighted by Crippen LogP contribution is 1.66. The average molecular weight is 88.1 g/mol. The van der Waals surface area contributed by atoms with E-state index in [1.54, 1.807) is 14.1 Å².